The molecule has 1 saturated carbocycles. The molecule has 22 heavy (non-hydrogen) atoms. The molecule has 0 bridgehead atoms. The van der Waals surface area contributed by atoms with Gasteiger partial charge in [0.25, 0.3) is 0 Å². The molecule has 1 unspecified atom stereocenters. The van der Waals surface area contributed by atoms with Crippen molar-refractivity contribution in [3.63, 3.8) is 0 Å². The first-order chi connectivity index (χ1) is 10.5. The summed E-state index contributed by atoms with van der Waals surface area (Å²) in [7, 11) is 1.70. The second kappa shape index (κ2) is 7.15. The molecule has 3 N–H and O–H groups in total. The van der Waals surface area contributed by atoms with E-state index in [1.54, 1.807) is 26.2 Å². The van der Waals surface area contributed by atoms with Crippen LogP contribution in [0.4, 0.5) is 4.79 Å². The quantitative estimate of drug-likeness (QED) is 0.685. The van der Waals surface area contributed by atoms with Crippen molar-refractivity contribution in [2.24, 2.45) is 5.41 Å². The molecule has 2 amide bonds. The zero-order chi connectivity index (χ0) is 16.1. The van der Waals surface area contributed by atoms with Gasteiger partial charge in [0.1, 0.15) is 11.4 Å². The smallest absolute Gasteiger partial charge is 0.314 e. The molecule has 2 rings (SSSR count). The lowest BCUT2D eigenvalue weighted by Gasteiger charge is -2.42. The van der Waals surface area contributed by atoms with Gasteiger partial charge in [0.15, 0.2) is 0 Å². The Bertz CT molecular complexity index is 467. The van der Waals surface area contributed by atoms with Crippen LogP contribution in [-0.2, 0) is 10.3 Å². The Hall–Kier alpha value is -1.53. The molecule has 1 aliphatic carbocycles. The van der Waals surface area contributed by atoms with E-state index in [1.807, 2.05) is 0 Å². The Labute approximate surface area is 131 Å². The van der Waals surface area contributed by atoms with Crippen LogP contribution in [0.5, 0.6) is 0 Å². The molecule has 6 heteroatoms. The normalized spacial score (nSPS) is 19.0. The van der Waals surface area contributed by atoms with E-state index in [0.29, 0.717) is 12.3 Å². The van der Waals surface area contributed by atoms with Gasteiger partial charge in [-0.25, -0.2) is 4.79 Å². The summed E-state index contributed by atoms with van der Waals surface area (Å²) in [6, 6.07) is 3.13. The lowest BCUT2D eigenvalue weighted by Crippen LogP contribution is -2.48. The number of aliphatic hydroxyl groups is 1. The highest BCUT2D eigenvalue weighted by Crippen LogP contribution is 2.43. The first kappa shape index (κ1) is 16.8. The summed E-state index contributed by atoms with van der Waals surface area (Å²) in [4.78, 5) is 11.9. The average Bonchev–Trinajstić information content (AvgIpc) is 2.99. The molecule has 124 valence electrons. The molecule has 0 saturated heterocycles. The zero-order valence-electron chi connectivity index (χ0n) is 13.4. The van der Waals surface area contributed by atoms with E-state index in [9.17, 15) is 9.90 Å². The van der Waals surface area contributed by atoms with Crippen molar-refractivity contribution in [2.45, 2.75) is 38.2 Å². The second-order valence-electron chi connectivity index (χ2n) is 6.38. The van der Waals surface area contributed by atoms with Crippen molar-refractivity contribution in [3.05, 3.63) is 24.2 Å². The van der Waals surface area contributed by atoms with Crippen LogP contribution in [0.2, 0.25) is 0 Å². The number of urea groups is 1. The van der Waals surface area contributed by atoms with Crippen LogP contribution in [-0.4, -0.2) is 37.9 Å². The molecule has 1 fully saturated rings. The maximum atomic E-state index is 11.9. The minimum atomic E-state index is -1.22. The van der Waals surface area contributed by atoms with Crippen LogP contribution >= 0.6 is 0 Å². The topological polar surface area (TPSA) is 83.7 Å². The Balaban J connectivity index is 1.74. The minimum absolute atomic E-state index is 0.0947. The number of rotatable bonds is 8. The van der Waals surface area contributed by atoms with Gasteiger partial charge in [0.05, 0.1) is 12.8 Å². The van der Waals surface area contributed by atoms with Crippen LogP contribution in [0.15, 0.2) is 22.8 Å². The Kier molecular flexibility index (Phi) is 5.47. The van der Waals surface area contributed by atoms with Gasteiger partial charge in [-0.3, -0.25) is 0 Å². The first-order valence-electron chi connectivity index (χ1n) is 7.74. The molecule has 1 atom stereocenters. The number of amides is 2. The van der Waals surface area contributed by atoms with Crippen LogP contribution in [0.1, 0.15) is 38.4 Å². The number of nitrogens with one attached hydrogen (secondary N) is 2. The fraction of sp³-hybridized carbons (Fsp3) is 0.688. The third-order valence-electron chi connectivity index (χ3n) is 4.52. The van der Waals surface area contributed by atoms with Crippen molar-refractivity contribution in [1.29, 1.82) is 0 Å². The highest BCUT2D eigenvalue weighted by atomic mass is 16.5. The van der Waals surface area contributed by atoms with Gasteiger partial charge in [-0.05, 0) is 43.7 Å². The fourth-order valence-electron chi connectivity index (χ4n) is 2.77. The van der Waals surface area contributed by atoms with Gasteiger partial charge >= 0.3 is 6.03 Å². The number of carbonyl (C=O) groups excluding carboxylic acids is 1. The Morgan fingerprint density at radius 2 is 2.27 bits per heavy atom. The zero-order valence-corrected chi connectivity index (χ0v) is 13.4. The molecule has 0 aliphatic heterocycles. The third kappa shape index (κ3) is 4.24. The van der Waals surface area contributed by atoms with Gasteiger partial charge < -0.3 is 24.9 Å². The largest absolute Gasteiger partial charge is 0.466 e. The van der Waals surface area contributed by atoms with Gasteiger partial charge in [0, 0.05) is 20.3 Å². The number of hydrogen-bond acceptors (Lipinski definition) is 4. The number of methoxy groups -OCH3 is 1. The number of ether oxygens (including phenoxy) is 1. The lowest BCUT2D eigenvalue weighted by atomic mass is 9.67. The van der Waals surface area contributed by atoms with Crippen molar-refractivity contribution in [2.75, 3.05) is 26.8 Å². The van der Waals surface area contributed by atoms with E-state index < -0.39 is 5.60 Å². The standard InChI is InChI=1S/C16H26N2O4/c1-15(20,13-5-3-9-22-13)11-17-14(19)18-12-16(6-4-7-16)8-10-21-2/h3,5,9,20H,4,6-8,10-12H2,1-2H3,(H2,17,18,19). The van der Waals surface area contributed by atoms with E-state index in [0.717, 1.165) is 25.9 Å². The summed E-state index contributed by atoms with van der Waals surface area (Å²) in [5.74, 6) is 0.434. The maximum absolute atomic E-state index is 11.9. The SMILES string of the molecule is COCCC1(CNC(=O)NCC(C)(O)c2ccco2)CCC1. The molecular formula is C16H26N2O4. The molecule has 1 aliphatic rings. The summed E-state index contributed by atoms with van der Waals surface area (Å²) in [6.07, 6.45) is 5.93. The minimum Gasteiger partial charge on any atom is -0.466 e. The number of furan rings is 1. The number of carbonyl (C=O) groups is 1. The predicted molar refractivity (Wildman–Crippen MR) is 82.5 cm³/mol. The van der Waals surface area contributed by atoms with Gasteiger partial charge in [-0.15, -0.1) is 0 Å². The van der Waals surface area contributed by atoms with E-state index in [2.05, 4.69) is 10.6 Å². The van der Waals surface area contributed by atoms with Crippen molar-refractivity contribution in [1.82, 2.24) is 10.6 Å². The van der Waals surface area contributed by atoms with Crippen LogP contribution in [0, 0.1) is 5.41 Å². The molecule has 0 aromatic carbocycles. The van der Waals surface area contributed by atoms with Crippen molar-refractivity contribution >= 4 is 6.03 Å². The number of hydrogen-bond donors (Lipinski definition) is 3. The second-order valence-corrected chi connectivity index (χ2v) is 6.38. The van der Waals surface area contributed by atoms with E-state index in [-0.39, 0.29) is 18.0 Å². The van der Waals surface area contributed by atoms with Crippen LogP contribution < -0.4 is 10.6 Å². The molecule has 1 heterocycles. The molecular weight excluding hydrogens is 284 g/mol. The third-order valence-corrected chi connectivity index (χ3v) is 4.52. The van der Waals surface area contributed by atoms with E-state index in [4.69, 9.17) is 9.15 Å². The summed E-state index contributed by atoms with van der Waals surface area (Å²) in [5, 5.41) is 15.9. The molecule has 0 radical (unpaired) electrons. The lowest BCUT2D eigenvalue weighted by molar-refractivity contribution is 0.0361. The summed E-state index contributed by atoms with van der Waals surface area (Å²) in [5.41, 5.74) is -1.04. The van der Waals surface area contributed by atoms with E-state index in [1.165, 1.54) is 12.7 Å². The Morgan fingerprint density at radius 3 is 2.82 bits per heavy atom. The molecule has 6 nitrogen and oxygen atoms in total. The maximum Gasteiger partial charge on any atom is 0.314 e. The average molecular weight is 310 g/mol. The fourth-order valence-corrected chi connectivity index (χ4v) is 2.77. The highest BCUT2D eigenvalue weighted by Gasteiger charge is 2.36. The van der Waals surface area contributed by atoms with Gasteiger partial charge in [-0.1, -0.05) is 6.42 Å². The van der Waals surface area contributed by atoms with Gasteiger partial charge in [0.2, 0.25) is 0 Å². The van der Waals surface area contributed by atoms with Gasteiger partial charge in [-0.2, -0.15) is 0 Å². The van der Waals surface area contributed by atoms with Crippen LogP contribution in [0.3, 0.4) is 0 Å². The summed E-state index contributed by atoms with van der Waals surface area (Å²) >= 11 is 0. The predicted octanol–water partition coefficient (Wildman–Crippen LogP) is 1.99. The first-order valence-corrected chi connectivity index (χ1v) is 7.74. The van der Waals surface area contributed by atoms with E-state index >= 15 is 0 Å². The van der Waals surface area contributed by atoms with Crippen molar-refractivity contribution in [3.8, 4) is 0 Å². The van der Waals surface area contributed by atoms with Crippen LogP contribution in [0.25, 0.3) is 0 Å². The molecule has 1 aromatic rings. The molecule has 1 aromatic heterocycles. The highest BCUT2D eigenvalue weighted by molar-refractivity contribution is 5.74. The molecule has 0 spiro atoms. The monoisotopic (exact) mass is 310 g/mol. The summed E-state index contributed by atoms with van der Waals surface area (Å²) in [6.45, 7) is 3.07. The Morgan fingerprint density at radius 1 is 1.50 bits per heavy atom. The van der Waals surface area contributed by atoms with Crippen molar-refractivity contribution < 1.29 is 19.1 Å². The summed E-state index contributed by atoms with van der Waals surface area (Å²) < 4.78 is 10.3.